The van der Waals surface area contributed by atoms with E-state index in [0.29, 0.717) is 22.6 Å². The summed E-state index contributed by atoms with van der Waals surface area (Å²) < 4.78 is 11.1. The van der Waals surface area contributed by atoms with Gasteiger partial charge in [-0.05, 0) is 13.0 Å². The van der Waals surface area contributed by atoms with Crippen LogP contribution in [0.5, 0.6) is 5.75 Å². The lowest BCUT2D eigenvalue weighted by Gasteiger charge is -2.27. The molecule has 0 amide bonds. The Labute approximate surface area is 144 Å². The SMILES string of the molecule is CCOC(=O)C1=C(c2ccccc2)Oc2ccccc2[C@H]1C[N+](=O)[O-]. The maximum atomic E-state index is 12.6. The monoisotopic (exact) mass is 339 g/mol. The number of benzene rings is 2. The summed E-state index contributed by atoms with van der Waals surface area (Å²) in [6.07, 6.45) is 0. The minimum absolute atomic E-state index is 0.178. The molecule has 2 aromatic carbocycles. The first kappa shape index (κ1) is 16.7. The molecule has 0 fully saturated rings. The van der Waals surface area contributed by atoms with Crippen molar-refractivity contribution in [3.05, 3.63) is 81.4 Å². The highest BCUT2D eigenvalue weighted by atomic mass is 16.6. The van der Waals surface area contributed by atoms with Crippen LogP contribution in [0.25, 0.3) is 5.76 Å². The molecule has 1 heterocycles. The Kier molecular flexibility index (Phi) is 4.79. The second kappa shape index (κ2) is 7.17. The zero-order chi connectivity index (χ0) is 17.8. The summed E-state index contributed by atoms with van der Waals surface area (Å²) in [5, 5.41) is 11.2. The van der Waals surface area contributed by atoms with Gasteiger partial charge in [0.1, 0.15) is 11.5 Å². The van der Waals surface area contributed by atoms with Gasteiger partial charge in [-0.2, -0.15) is 0 Å². The Bertz CT molecular complexity index is 829. The van der Waals surface area contributed by atoms with E-state index >= 15 is 0 Å². The molecule has 3 rings (SSSR count). The van der Waals surface area contributed by atoms with E-state index in [9.17, 15) is 14.9 Å². The minimum atomic E-state index is -0.728. The normalized spacial score (nSPS) is 16.0. The van der Waals surface area contributed by atoms with Gasteiger partial charge in [0.15, 0.2) is 0 Å². The maximum Gasteiger partial charge on any atom is 0.338 e. The van der Waals surface area contributed by atoms with Crippen LogP contribution in [-0.4, -0.2) is 24.0 Å². The van der Waals surface area contributed by atoms with Crippen LogP contribution in [0.1, 0.15) is 24.0 Å². The molecule has 0 aliphatic carbocycles. The Balaban J connectivity index is 2.20. The minimum Gasteiger partial charge on any atom is -0.463 e. The molecule has 2 aromatic rings. The molecule has 1 atom stereocenters. The standard InChI is InChI=1S/C19H17NO5/c1-2-24-19(21)17-15(12-20(22)23)14-10-6-7-11-16(14)25-18(17)13-8-4-3-5-9-13/h3-11,15H,2,12H2,1H3/t15-/m1/s1. The number of nitro groups is 1. The van der Waals surface area contributed by atoms with Crippen molar-refractivity contribution in [1.29, 1.82) is 0 Å². The van der Waals surface area contributed by atoms with Gasteiger partial charge >= 0.3 is 5.97 Å². The zero-order valence-electron chi connectivity index (χ0n) is 13.7. The number of hydrogen-bond acceptors (Lipinski definition) is 5. The summed E-state index contributed by atoms with van der Waals surface area (Å²) in [5.74, 6) is -0.497. The van der Waals surface area contributed by atoms with Crippen molar-refractivity contribution in [3.8, 4) is 5.75 Å². The number of ether oxygens (including phenoxy) is 2. The smallest absolute Gasteiger partial charge is 0.338 e. The fourth-order valence-corrected chi connectivity index (χ4v) is 2.93. The average molecular weight is 339 g/mol. The first-order chi connectivity index (χ1) is 12.1. The van der Waals surface area contributed by atoms with Crippen LogP contribution in [-0.2, 0) is 9.53 Å². The van der Waals surface area contributed by atoms with Crippen molar-refractivity contribution >= 4 is 11.7 Å². The predicted octanol–water partition coefficient (Wildman–Crippen LogP) is 3.41. The molecule has 0 saturated carbocycles. The number of fused-ring (bicyclic) bond motifs is 1. The van der Waals surface area contributed by atoms with Gasteiger partial charge in [-0.25, -0.2) is 4.79 Å². The molecule has 25 heavy (non-hydrogen) atoms. The first-order valence-corrected chi connectivity index (χ1v) is 7.97. The van der Waals surface area contributed by atoms with Crippen LogP contribution in [0, 0.1) is 10.1 Å². The fourth-order valence-electron chi connectivity index (χ4n) is 2.93. The fraction of sp³-hybridized carbons (Fsp3) is 0.211. The van der Waals surface area contributed by atoms with Crippen molar-refractivity contribution in [2.45, 2.75) is 12.8 Å². The summed E-state index contributed by atoms with van der Waals surface area (Å²) in [7, 11) is 0. The Morgan fingerprint density at radius 3 is 2.52 bits per heavy atom. The Morgan fingerprint density at radius 2 is 1.84 bits per heavy atom. The number of esters is 1. The van der Waals surface area contributed by atoms with Gasteiger partial charge in [-0.1, -0.05) is 48.5 Å². The van der Waals surface area contributed by atoms with E-state index in [-0.39, 0.29) is 12.2 Å². The van der Waals surface area contributed by atoms with Gasteiger partial charge in [-0.15, -0.1) is 0 Å². The molecular formula is C19H17NO5. The Hall–Kier alpha value is -3.15. The molecular weight excluding hydrogens is 322 g/mol. The highest BCUT2D eigenvalue weighted by Crippen LogP contribution is 2.42. The highest BCUT2D eigenvalue weighted by molar-refractivity contribution is 5.99. The van der Waals surface area contributed by atoms with Gasteiger partial charge < -0.3 is 9.47 Å². The lowest BCUT2D eigenvalue weighted by molar-refractivity contribution is -0.482. The van der Waals surface area contributed by atoms with Crippen molar-refractivity contribution in [3.63, 3.8) is 0 Å². The van der Waals surface area contributed by atoms with Crippen LogP contribution < -0.4 is 4.74 Å². The first-order valence-electron chi connectivity index (χ1n) is 7.97. The molecule has 128 valence electrons. The molecule has 0 aromatic heterocycles. The third-order valence-electron chi connectivity index (χ3n) is 3.96. The van der Waals surface area contributed by atoms with Gasteiger partial charge in [0.25, 0.3) is 0 Å². The average Bonchev–Trinajstić information content (AvgIpc) is 2.62. The molecule has 0 spiro atoms. The van der Waals surface area contributed by atoms with E-state index in [4.69, 9.17) is 9.47 Å². The van der Waals surface area contributed by atoms with Crippen LogP contribution in [0.15, 0.2) is 60.2 Å². The van der Waals surface area contributed by atoms with Crippen LogP contribution >= 0.6 is 0 Å². The molecule has 0 radical (unpaired) electrons. The molecule has 1 aliphatic heterocycles. The predicted molar refractivity (Wildman–Crippen MR) is 91.7 cm³/mol. The molecule has 1 aliphatic rings. The third kappa shape index (κ3) is 3.38. The van der Waals surface area contributed by atoms with Gasteiger partial charge in [0.2, 0.25) is 6.54 Å². The van der Waals surface area contributed by atoms with Crippen LogP contribution in [0.3, 0.4) is 0 Å². The third-order valence-corrected chi connectivity index (χ3v) is 3.96. The number of hydrogen-bond donors (Lipinski definition) is 0. The lowest BCUT2D eigenvalue weighted by atomic mass is 9.86. The molecule has 6 heteroatoms. The van der Waals surface area contributed by atoms with E-state index in [1.807, 2.05) is 18.2 Å². The highest BCUT2D eigenvalue weighted by Gasteiger charge is 2.38. The summed E-state index contributed by atoms with van der Waals surface area (Å²) in [6, 6.07) is 16.1. The van der Waals surface area contributed by atoms with Gasteiger partial charge in [-0.3, -0.25) is 10.1 Å². The van der Waals surface area contributed by atoms with Crippen molar-refractivity contribution < 1.29 is 19.2 Å². The number of rotatable bonds is 5. The van der Waals surface area contributed by atoms with Gasteiger partial charge in [0.05, 0.1) is 18.1 Å². The number of carbonyl (C=O) groups excluding carboxylic acids is 1. The second-order valence-corrected chi connectivity index (χ2v) is 5.54. The van der Waals surface area contributed by atoms with Gasteiger partial charge in [0, 0.05) is 16.1 Å². The maximum absolute atomic E-state index is 12.6. The van der Waals surface area contributed by atoms with Crippen LogP contribution in [0.2, 0.25) is 0 Å². The van der Waals surface area contributed by atoms with Crippen LogP contribution in [0.4, 0.5) is 0 Å². The zero-order valence-corrected chi connectivity index (χ0v) is 13.7. The number of para-hydroxylation sites is 1. The second-order valence-electron chi connectivity index (χ2n) is 5.54. The van der Waals surface area contributed by atoms with E-state index < -0.39 is 23.4 Å². The summed E-state index contributed by atoms with van der Waals surface area (Å²) in [5.41, 5.74) is 1.47. The quantitative estimate of drug-likeness (QED) is 0.474. The Morgan fingerprint density at radius 1 is 1.16 bits per heavy atom. The van der Waals surface area contributed by atoms with Crippen molar-refractivity contribution in [1.82, 2.24) is 0 Å². The van der Waals surface area contributed by atoms with Crippen molar-refractivity contribution in [2.24, 2.45) is 0 Å². The number of carbonyl (C=O) groups is 1. The molecule has 0 saturated heterocycles. The summed E-state index contributed by atoms with van der Waals surface area (Å²) >= 11 is 0. The van der Waals surface area contributed by atoms with E-state index in [2.05, 4.69) is 0 Å². The summed E-state index contributed by atoms with van der Waals surface area (Å²) in [6.45, 7) is 1.46. The number of nitrogens with zero attached hydrogens (tertiary/aromatic N) is 1. The topological polar surface area (TPSA) is 78.7 Å². The molecule has 6 nitrogen and oxygen atoms in total. The largest absolute Gasteiger partial charge is 0.463 e. The molecule has 0 unspecified atom stereocenters. The molecule has 0 N–H and O–H groups in total. The molecule has 0 bridgehead atoms. The van der Waals surface area contributed by atoms with Crippen molar-refractivity contribution in [2.75, 3.05) is 13.2 Å². The van der Waals surface area contributed by atoms with E-state index in [1.54, 1.807) is 43.3 Å². The van der Waals surface area contributed by atoms with E-state index in [1.165, 1.54) is 0 Å². The summed E-state index contributed by atoms with van der Waals surface area (Å²) in [4.78, 5) is 23.4. The van der Waals surface area contributed by atoms with E-state index in [0.717, 1.165) is 0 Å². The lowest BCUT2D eigenvalue weighted by Crippen LogP contribution is -2.27.